The summed E-state index contributed by atoms with van der Waals surface area (Å²) in [5.74, 6) is -1.31. The molecule has 6 amide bonds. The van der Waals surface area contributed by atoms with Crippen molar-refractivity contribution in [3.8, 4) is 11.1 Å². The maximum atomic E-state index is 14.8. The van der Waals surface area contributed by atoms with Gasteiger partial charge in [0.2, 0.25) is 11.8 Å². The van der Waals surface area contributed by atoms with E-state index in [1.54, 1.807) is 54.3 Å². The molecule has 0 spiro atoms. The predicted molar refractivity (Wildman–Crippen MR) is 234 cm³/mol. The van der Waals surface area contributed by atoms with Crippen molar-refractivity contribution in [2.75, 3.05) is 38.1 Å². The van der Waals surface area contributed by atoms with E-state index in [1.165, 1.54) is 0 Å². The van der Waals surface area contributed by atoms with Gasteiger partial charge in [-0.3, -0.25) is 43.7 Å². The molecule has 0 bridgehead atoms. The second kappa shape index (κ2) is 17.9. The average molecular weight is 879 g/mol. The molecule has 0 saturated carbocycles. The summed E-state index contributed by atoms with van der Waals surface area (Å²) in [5.41, 5.74) is 6.21. The third-order valence-corrected chi connectivity index (χ3v) is 14.0. The number of imide groups is 2. The van der Waals surface area contributed by atoms with Crippen LogP contribution in [0, 0.1) is 0 Å². The fourth-order valence-corrected chi connectivity index (χ4v) is 10.7. The molecule has 17 heteroatoms. The van der Waals surface area contributed by atoms with Gasteiger partial charge in [-0.1, -0.05) is 38.3 Å². The number of urea groups is 1. The van der Waals surface area contributed by atoms with Crippen LogP contribution in [0.5, 0.6) is 0 Å². The predicted octanol–water partition coefficient (Wildman–Crippen LogP) is 6.23. The molecule has 338 valence electrons. The number of hydrogen-bond acceptors (Lipinski definition) is 9. The van der Waals surface area contributed by atoms with E-state index in [0.29, 0.717) is 60.5 Å². The maximum Gasteiger partial charge on any atom is 0.317 e. The van der Waals surface area contributed by atoms with Crippen LogP contribution in [0.2, 0.25) is 0 Å². The zero-order chi connectivity index (χ0) is 44.8. The van der Waals surface area contributed by atoms with Crippen LogP contribution in [0.3, 0.4) is 0 Å². The van der Waals surface area contributed by atoms with Crippen LogP contribution in [0.25, 0.3) is 11.1 Å². The molecule has 9 rings (SSSR count). The SMILES string of the molecule is CCCCCC(Cc1cccc2c1C(=O)N(C1CCC(=O)NC1=O)C2=O)N1CCC(n2nc(N3CCCc4cc(-c5cnn(C)c5)c(C(F)F)cc43)c3c2CCN(C(=O)NC)C3)CC1. The zero-order valence-electron chi connectivity index (χ0n) is 36.7. The Bertz CT molecular complexity index is 2490. The Labute approximate surface area is 371 Å². The summed E-state index contributed by atoms with van der Waals surface area (Å²) in [6.07, 6.45) is 9.24. The van der Waals surface area contributed by atoms with Gasteiger partial charge in [-0.05, 0) is 79.8 Å². The van der Waals surface area contributed by atoms with Gasteiger partial charge in [0.25, 0.3) is 18.2 Å². The second-order valence-corrected chi connectivity index (χ2v) is 17.9. The molecule has 2 atom stereocenters. The molecule has 0 aliphatic carbocycles. The quantitative estimate of drug-likeness (QED) is 0.124. The van der Waals surface area contributed by atoms with E-state index >= 15 is 0 Å². The number of carbonyl (C=O) groups excluding carboxylic acids is 5. The maximum absolute atomic E-state index is 14.8. The number of nitrogens with one attached hydrogen (secondary N) is 2. The fraction of sp³-hybridized carbons (Fsp3) is 0.511. The lowest BCUT2D eigenvalue weighted by molar-refractivity contribution is -0.136. The van der Waals surface area contributed by atoms with Gasteiger partial charge >= 0.3 is 6.03 Å². The average Bonchev–Trinajstić information content (AvgIpc) is 3.98. The Morgan fingerprint density at radius 1 is 0.969 bits per heavy atom. The van der Waals surface area contributed by atoms with E-state index < -0.39 is 36.1 Å². The van der Waals surface area contributed by atoms with Gasteiger partial charge in [-0.2, -0.15) is 10.2 Å². The number of anilines is 2. The summed E-state index contributed by atoms with van der Waals surface area (Å²) in [7, 11) is 3.39. The van der Waals surface area contributed by atoms with Crippen LogP contribution in [0.4, 0.5) is 25.1 Å². The highest BCUT2D eigenvalue weighted by atomic mass is 19.3. The van der Waals surface area contributed by atoms with Gasteiger partial charge in [0.15, 0.2) is 5.82 Å². The van der Waals surface area contributed by atoms with Crippen LogP contribution >= 0.6 is 0 Å². The van der Waals surface area contributed by atoms with E-state index in [2.05, 4.69) is 37.1 Å². The van der Waals surface area contributed by atoms with Crippen LogP contribution in [-0.2, 0) is 42.4 Å². The van der Waals surface area contributed by atoms with E-state index in [9.17, 15) is 32.8 Å². The smallest absolute Gasteiger partial charge is 0.317 e. The number of carbonyl (C=O) groups is 5. The minimum atomic E-state index is -2.70. The van der Waals surface area contributed by atoms with Crippen molar-refractivity contribution in [1.29, 1.82) is 0 Å². The van der Waals surface area contributed by atoms with Crippen molar-refractivity contribution in [3.05, 3.63) is 81.8 Å². The molecule has 2 aromatic carbocycles. The van der Waals surface area contributed by atoms with Crippen molar-refractivity contribution in [3.63, 3.8) is 0 Å². The number of amides is 6. The molecule has 7 heterocycles. The molecular formula is C47H56F2N10O5. The lowest BCUT2D eigenvalue weighted by Gasteiger charge is -2.39. The van der Waals surface area contributed by atoms with Gasteiger partial charge in [0, 0.05) is 93.4 Å². The summed E-state index contributed by atoms with van der Waals surface area (Å²) >= 11 is 0. The summed E-state index contributed by atoms with van der Waals surface area (Å²) < 4.78 is 33.5. The van der Waals surface area contributed by atoms with Crippen molar-refractivity contribution in [1.82, 2.24) is 44.9 Å². The van der Waals surface area contributed by atoms with E-state index in [-0.39, 0.29) is 36.5 Å². The second-order valence-electron chi connectivity index (χ2n) is 17.9. The molecule has 2 N–H and O–H groups in total. The zero-order valence-corrected chi connectivity index (χ0v) is 36.7. The van der Waals surface area contributed by atoms with Gasteiger partial charge in [0.1, 0.15) is 6.04 Å². The van der Waals surface area contributed by atoms with E-state index in [4.69, 9.17) is 5.10 Å². The number of nitrogens with zero attached hydrogens (tertiary/aromatic N) is 8. The Kier molecular flexibility index (Phi) is 12.1. The Hall–Kier alpha value is -5.97. The molecule has 5 aliphatic heterocycles. The monoisotopic (exact) mass is 878 g/mol. The van der Waals surface area contributed by atoms with Crippen LogP contribution < -0.4 is 15.5 Å². The first kappa shape index (κ1) is 43.3. The van der Waals surface area contributed by atoms with Crippen LogP contribution in [-0.4, -0.2) is 109 Å². The molecule has 0 radical (unpaired) electrons. The number of aryl methyl sites for hydroxylation is 2. The van der Waals surface area contributed by atoms with Gasteiger partial charge < -0.3 is 15.1 Å². The lowest BCUT2D eigenvalue weighted by Crippen LogP contribution is -2.54. The summed E-state index contributed by atoms with van der Waals surface area (Å²) in [6, 6.07) is 7.85. The molecule has 2 saturated heterocycles. The van der Waals surface area contributed by atoms with Crippen molar-refractivity contribution in [2.24, 2.45) is 7.05 Å². The first-order chi connectivity index (χ1) is 30.9. The number of aromatic nitrogens is 4. The number of likely N-dealkylation sites (tertiary alicyclic amines) is 1. The number of hydrogen-bond donors (Lipinski definition) is 2. The summed E-state index contributed by atoms with van der Waals surface area (Å²) in [6.45, 7) is 5.22. The first-order valence-corrected chi connectivity index (χ1v) is 22.8. The number of piperidine rings is 2. The summed E-state index contributed by atoms with van der Waals surface area (Å²) in [5, 5.41) is 14.7. The number of rotatable bonds is 12. The fourth-order valence-electron chi connectivity index (χ4n) is 10.7. The normalized spacial score (nSPS) is 19.8. The van der Waals surface area contributed by atoms with Crippen molar-refractivity contribution in [2.45, 2.75) is 115 Å². The topological polar surface area (TPSA) is 158 Å². The lowest BCUT2D eigenvalue weighted by atomic mass is 9.92. The minimum absolute atomic E-state index is 0.0529. The van der Waals surface area contributed by atoms with E-state index in [0.717, 1.165) is 97.4 Å². The highest BCUT2D eigenvalue weighted by molar-refractivity contribution is 6.24. The van der Waals surface area contributed by atoms with Crippen molar-refractivity contribution >= 4 is 41.2 Å². The van der Waals surface area contributed by atoms with Gasteiger partial charge in [-0.15, -0.1) is 0 Å². The standard InChI is InChI=1S/C47H56F2N10O5/c1-4-5-6-11-32(22-29-9-7-12-33-41(29)46(63)58(45(33)62)38-13-14-40(60)52-44(38)61)55-19-15-31(16-20-55)59-37-17-21-56(47(64)50-2)27-36(37)43(53-59)57-18-8-10-28-23-34(30-25-51-54(3)26-30)35(42(48)49)24-39(28)57/h7,9,12,23-26,31-32,38,42H,4-6,8,10-11,13-22,27H2,1-3H3,(H,50,64)(H,52,60,61). The largest absolute Gasteiger partial charge is 0.341 e. The first-order valence-electron chi connectivity index (χ1n) is 22.8. The molecule has 2 unspecified atom stereocenters. The van der Waals surface area contributed by atoms with Gasteiger partial charge in [-0.25, -0.2) is 13.6 Å². The number of alkyl halides is 2. The Morgan fingerprint density at radius 2 is 1.78 bits per heavy atom. The Morgan fingerprint density at radius 3 is 2.50 bits per heavy atom. The minimum Gasteiger partial charge on any atom is -0.341 e. The molecule has 64 heavy (non-hydrogen) atoms. The molecular weight excluding hydrogens is 823 g/mol. The van der Waals surface area contributed by atoms with E-state index in [1.807, 2.05) is 12.1 Å². The highest BCUT2D eigenvalue weighted by Crippen LogP contribution is 2.44. The molecule has 5 aliphatic rings. The molecule has 4 aromatic rings. The number of unbranched alkanes of at least 4 members (excludes halogenated alkanes) is 2. The molecule has 2 fully saturated rings. The van der Waals surface area contributed by atoms with Crippen LogP contribution in [0.1, 0.15) is 126 Å². The molecule has 2 aromatic heterocycles. The number of benzene rings is 2. The summed E-state index contributed by atoms with van der Waals surface area (Å²) in [4.78, 5) is 72.8. The number of halogens is 2. The molecule has 15 nitrogen and oxygen atoms in total. The number of fused-ring (bicyclic) bond motifs is 3. The Balaban J connectivity index is 0.988. The third kappa shape index (κ3) is 7.96. The van der Waals surface area contributed by atoms with Crippen LogP contribution in [0.15, 0.2) is 42.7 Å². The third-order valence-electron chi connectivity index (χ3n) is 14.0. The van der Waals surface area contributed by atoms with Crippen molar-refractivity contribution < 1.29 is 32.8 Å². The van der Waals surface area contributed by atoms with Gasteiger partial charge in [0.05, 0.1) is 29.9 Å². The highest BCUT2D eigenvalue weighted by Gasteiger charge is 2.46.